The third-order valence-electron chi connectivity index (χ3n) is 7.54. The van der Waals surface area contributed by atoms with Crippen LogP contribution in [0.15, 0.2) is 83.8 Å². The van der Waals surface area contributed by atoms with E-state index in [0.717, 1.165) is 59.7 Å². The Morgan fingerprint density at radius 1 is 0.927 bits per heavy atom. The first kappa shape index (κ1) is 30.2. The van der Waals surface area contributed by atoms with Crippen molar-refractivity contribution in [2.24, 2.45) is 0 Å². The standard InChI is InChI=1S/C32H38FN3O4S/c1-3-30(32(38)34-27-12-8-5-9-13-27)35(22-25-10-6-4-7-11-25)31(37)23-36(28-18-16-26(33)17-19-28)41(39,40)29-20-14-24(2)15-21-29/h4,6-7,10-11,14-21,27,30H,3,5,8-9,12-13,22-23H2,1-2H3,(H,34,38). The van der Waals surface area contributed by atoms with Crippen LogP contribution in [0.25, 0.3) is 0 Å². The van der Waals surface area contributed by atoms with Gasteiger partial charge < -0.3 is 10.2 Å². The Morgan fingerprint density at radius 2 is 1.56 bits per heavy atom. The highest BCUT2D eigenvalue weighted by molar-refractivity contribution is 7.92. The van der Waals surface area contributed by atoms with Gasteiger partial charge in [-0.25, -0.2) is 12.8 Å². The second-order valence-electron chi connectivity index (χ2n) is 10.6. The molecule has 0 spiro atoms. The summed E-state index contributed by atoms with van der Waals surface area (Å²) in [6.45, 7) is 3.28. The second-order valence-corrected chi connectivity index (χ2v) is 12.4. The molecule has 0 aromatic heterocycles. The number of sulfonamides is 1. The predicted octanol–water partition coefficient (Wildman–Crippen LogP) is 5.59. The van der Waals surface area contributed by atoms with E-state index in [2.05, 4.69) is 5.32 Å². The summed E-state index contributed by atoms with van der Waals surface area (Å²) in [5.74, 6) is -1.29. The van der Waals surface area contributed by atoms with Gasteiger partial charge in [0, 0.05) is 12.6 Å². The normalized spacial score (nSPS) is 14.7. The molecule has 3 aromatic carbocycles. The van der Waals surface area contributed by atoms with E-state index < -0.39 is 34.3 Å². The maximum Gasteiger partial charge on any atom is 0.264 e. The number of rotatable bonds is 11. The van der Waals surface area contributed by atoms with E-state index in [9.17, 15) is 22.4 Å². The van der Waals surface area contributed by atoms with Crippen LogP contribution in [0, 0.1) is 12.7 Å². The Morgan fingerprint density at radius 3 is 2.17 bits per heavy atom. The van der Waals surface area contributed by atoms with E-state index in [1.54, 1.807) is 12.1 Å². The molecule has 4 rings (SSSR count). The van der Waals surface area contributed by atoms with Gasteiger partial charge in [-0.15, -0.1) is 0 Å². The lowest BCUT2D eigenvalue weighted by Crippen LogP contribution is -2.54. The summed E-state index contributed by atoms with van der Waals surface area (Å²) >= 11 is 0. The maximum atomic E-state index is 14.1. The summed E-state index contributed by atoms with van der Waals surface area (Å²) in [4.78, 5) is 29.1. The number of aryl methyl sites for hydroxylation is 1. The van der Waals surface area contributed by atoms with E-state index in [1.807, 2.05) is 44.2 Å². The summed E-state index contributed by atoms with van der Waals surface area (Å²) in [5, 5.41) is 3.14. The average molecular weight is 580 g/mol. The van der Waals surface area contributed by atoms with Crippen molar-refractivity contribution in [3.63, 3.8) is 0 Å². The first-order valence-electron chi connectivity index (χ1n) is 14.2. The van der Waals surface area contributed by atoms with Gasteiger partial charge in [-0.2, -0.15) is 0 Å². The smallest absolute Gasteiger partial charge is 0.264 e. The van der Waals surface area contributed by atoms with Crippen LogP contribution in [0.2, 0.25) is 0 Å². The Balaban J connectivity index is 1.68. The van der Waals surface area contributed by atoms with Crippen molar-refractivity contribution in [2.75, 3.05) is 10.8 Å². The summed E-state index contributed by atoms with van der Waals surface area (Å²) in [5.41, 5.74) is 1.86. The summed E-state index contributed by atoms with van der Waals surface area (Å²) in [6, 6.07) is 19.9. The number of benzene rings is 3. The number of carbonyl (C=O) groups excluding carboxylic acids is 2. The molecule has 7 nitrogen and oxygen atoms in total. The Hall–Kier alpha value is -3.72. The Kier molecular flexibility index (Phi) is 10.2. The van der Waals surface area contributed by atoms with Crippen LogP contribution in [0.3, 0.4) is 0 Å². The number of nitrogens with zero attached hydrogens (tertiary/aromatic N) is 2. The fraction of sp³-hybridized carbons (Fsp3) is 0.375. The molecule has 1 aliphatic carbocycles. The van der Waals surface area contributed by atoms with Crippen molar-refractivity contribution >= 4 is 27.5 Å². The largest absolute Gasteiger partial charge is 0.352 e. The average Bonchev–Trinajstić information content (AvgIpc) is 2.97. The second kappa shape index (κ2) is 13.8. The number of nitrogens with one attached hydrogen (secondary N) is 1. The van der Waals surface area contributed by atoms with Gasteiger partial charge in [0.2, 0.25) is 11.8 Å². The lowest BCUT2D eigenvalue weighted by atomic mass is 9.95. The molecule has 0 radical (unpaired) electrons. The molecule has 1 aliphatic rings. The van der Waals surface area contributed by atoms with Crippen LogP contribution < -0.4 is 9.62 Å². The molecule has 0 heterocycles. The maximum absolute atomic E-state index is 14.1. The first-order chi connectivity index (χ1) is 19.7. The van der Waals surface area contributed by atoms with Crippen LogP contribution in [0.5, 0.6) is 0 Å². The quantitative estimate of drug-likeness (QED) is 0.321. The SMILES string of the molecule is CCC(C(=O)NC1CCCCC1)N(Cc1ccccc1)C(=O)CN(c1ccc(F)cc1)S(=O)(=O)c1ccc(C)cc1. The topological polar surface area (TPSA) is 86.8 Å². The van der Waals surface area contributed by atoms with Crippen molar-refractivity contribution in [2.45, 2.75) is 75.9 Å². The zero-order chi connectivity index (χ0) is 29.4. The fourth-order valence-corrected chi connectivity index (χ4v) is 6.63. The third-order valence-corrected chi connectivity index (χ3v) is 9.32. The lowest BCUT2D eigenvalue weighted by Gasteiger charge is -2.34. The zero-order valence-electron chi connectivity index (χ0n) is 23.6. The van der Waals surface area contributed by atoms with Gasteiger partial charge in [-0.3, -0.25) is 13.9 Å². The van der Waals surface area contributed by atoms with Crippen LogP contribution >= 0.6 is 0 Å². The molecule has 0 bridgehead atoms. The molecule has 3 aromatic rings. The number of amides is 2. The highest BCUT2D eigenvalue weighted by atomic mass is 32.2. The number of carbonyl (C=O) groups is 2. The van der Waals surface area contributed by atoms with Gasteiger partial charge in [-0.1, -0.05) is 74.2 Å². The molecule has 1 unspecified atom stereocenters. The highest BCUT2D eigenvalue weighted by Gasteiger charge is 2.34. The van der Waals surface area contributed by atoms with E-state index in [1.165, 1.54) is 29.2 Å². The number of hydrogen-bond donors (Lipinski definition) is 1. The summed E-state index contributed by atoms with van der Waals surface area (Å²) in [7, 11) is -4.20. The third kappa shape index (κ3) is 7.73. The molecule has 2 amide bonds. The molecule has 1 N–H and O–H groups in total. The van der Waals surface area contributed by atoms with Crippen LogP contribution in [0.1, 0.15) is 56.6 Å². The minimum absolute atomic E-state index is 0.0110. The van der Waals surface area contributed by atoms with Gasteiger partial charge >= 0.3 is 0 Å². The van der Waals surface area contributed by atoms with Crippen LogP contribution in [-0.4, -0.2) is 43.8 Å². The summed E-state index contributed by atoms with van der Waals surface area (Å²) in [6.07, 6.45) is 5.43. The van der Waals surface area contributed by atoms with Crippen molar-refractivity contribution in [3.8, 4) is 0 Å². The van der Waals surface area contributed by atoms with Gasteiger partial charge in [0.1, 0.15) is 18.4 Å². The molecule has 1 fully saturated rings. The highest BCUT2D eigenvalue weighted by Crippen LogP contribution is 2.26. The van der Waals surface area contributed by atoms with E-state index >= 15 is 0 Å². The van der Waals surface area contributed by atoms with Crippen molar-refractivity contribution in [1.29, 1.82) is 0 Å². The first-order valence-corrected chi connectivity index (χ1v) is 15.6. The minimum Gasteiger partial charge on any atom is -0.352 e. The Bertz CT molecular complexity index is 1410. The minimum atomic E-state index is -4.20. The molecule has 0 aliphatic heterocycles. The predicted molar refractivity (Wildman–Crippen MR) is 158 cm³/mol. The van der Waals surface area contributed by atoms with Gasteiger partial charge in [-0.05, 0) is 68.1 Å². The summed E-state index contributed by atoms with van der Waals surface area (Å²) < 4.78 is 42.5. The van der Waals surface area contributed by atoms with Crippen molar-refractivity contribution in [3.05, 3.63) is 95.8 Å². The van der Waals surface area contributed by atoms with E-state index in [4.69, 9.17) is 0 Å². The molecular formula is C32H38FN3O4S. The molecule has 218 valence electrons. The molecule has 41 heavy (non-hydrogen) atoms. The van der Waals surface area contributed by atoms with Crippen LogP contribution in [0.4, 0.5) is 10.1 Å². The molecule has 9 heteroatoms. The van der Waals surface area contributed by atoms with Gasteiger partial charge in [0.05, 0.1) is 10.6 Å². The van der Waals surface area contributed by atoms with Crippen molar-refractivity contribution < 1.29 is 22.4 Å². The van der Waals surface area contributed by atoms with Crippen molar-refractivity contribution in [1.82, 2.24) is 10.2 Å². The number of halogens is 1. The lowest BCUT2D eigenvalue weighted by molar-refractivity contribution is -0.140. The monoisotopic (exact) mass is 579 g/mol. The molecule has 0 saturated heterocycles. The van der Waals surface area contributed by atoms with Gasteiger partial charge in [0.15, 0.2) is 0 Å². The number of anilines is 1. The molecular weight excluding hydrogens is 541 g/mol. The Labute approximate surface area is 242 Å². The van der Waals surface area contributed by atoms with Gasteiger partial charge in [0.25, 0.3) is 10.0 Å². The number of hydrogen-bond acceptors (Lipinski definition) is 4. The molecule has 1 atom stereocenters. The van der Waals surface area contributed by atoms with Crippen LogP contribution in [-0.2, 0) is 26.2 Å². The fourth-order valence-electron chi connectivity index (χ4n) is 5.22. The molecule has 1 saturated carbocycles. The van der Waals surface area contributed by atoms with E-state index in [-0.39, 0.29) is 29.1 Å². The van der Waals surface area contributed by atoms with E-state index in [0.29, 0.717) is 6.42 Å². The zero-order valence-corrected chi connectivity index (χ0v) is 24.4.